The van der Waals surface area contributed by atoms with Gasteiger partial charge in [-0.25, -0.2) is 4.99 Å². The molecule has 0 radical (unpaired) electrons. The van der Waals surface area contributed by atoms with Gasteiger partial charge in [-0.2, -0.15) is 0 Å². The van der Waals surface area contributed by atoms with E-state index in [2.05, 4.69) is 44.4 Å². The Hall–Kier alpha value is -1.35. The van der Waals surface area contributed by atoms with Crippen molar-refractivity contribution >= 4 is 35.8 Å². The summed E-state index contributed by atoms with van der Waals surface area (Å²) < 4.78 is 0. The Morgan fingerprint density at radius 2 is 1.90 bits per heavy atom. The topological polar surface area (TPSA) is 51.2 Å². The number of halogens is 1. The van der Waals surface area contributed by atoms with Crippen LogP contribution in [0.15, 0.2) is 35.3 Å². The number of likely N-dealkylation sites (N-methyl/N-ethyl adjacent to an activating group) is 1. The van der Waals surface area contributed by atoms with Crippen molar-refractivity contribution < 1.29 is 4.79 Å². The predicted molar refractivity (Wildman–Crippen MR) is 130 cm³/mol. The number of carbonyl (C=O) groups is 1. The van der Waals surface area contributed by atoms with Crippen molar-refractivity contribution in [2.24, 2.45) is 10.9 Å². The van der Waals surface area contributed by atoms with E-state index in [0.717, 1.165) is 32.0 Å². The van der Waals surface area contributed by atoms with Gasteiger partial charge in [0.15, 0.2) is 5.96 Å². The van der Waals surface area contributed by atoms with Gasteiger partial charge in [0.1, 0.15) is 6.54 Å². The van der Waals surface area contributed by atoms with Gasteiger partial charge in [-0.15, -0.1) is 24.0 Å². The van der Waals surface area contributed by atoms with E-state index in [1.807, 2.05) is 6.07 Å². The van der Waals surface area contributed by atoms with Crippen molar-refractivity contribution in [3.8, 4) is 0 Å². The molecule has 2 heterocycles. The summed E-state index contributed by atoms with van der Waals surface area (Å²) in [4.78, 5) is 23.2. The number of likely N-dealkylation sites (tertiary alicyclic amines) is 2. The molecule has 0 spiro atoms. The molecule has 2 aliphatic heterocycles. The first-order chi connectivity index (χ1) is 13.6. The van der Waals surface area contributed by atoms with Crippen molar-refractivity contribution in [3.05, 3.63) is 35.9 Å². The average Bonchev–Trinajstić information content (AvgIpc) is 3.37. The van der Waals surface area contributed by atoms with E-state index in [-0.39, 0.29) is 36.4 Å². The number of nitrogens with zero attached hydrogens (tertiary/aromatic N) is 4. The lowest BCUT2D eigenvalue weighted by Crippen LogP contribution is -2.42. The monoisotopic (exact) mass is 513 g/mol. The smallest absolute Gasteiger partial charge is 0.243 e. The maximum atomic E-state index is 12.0. The van der Waals surface area contributed by atoms with Crippen LogP contribution in [0.1, 0.15) is 24.8 Å². The van der Waals surface area contributed by atoms with Gasteiger partial charge >= 0.3 is 0 Å². The van der Waals surface area contributed by atoms with Crippen LogP contribution in [0.2, 0.25) is 0 Å². The third-order valence-electron chi connectivity index (χ3n) is 5.70. The zero-order valence-electron chi connectivity index (χ0n) is 17.8. The number of nitrogens with one attached hydrogen (secondary N) is 1. The molecule has 1 atom stereocenters. The molecule has 1 N–H and O–H groups in total. The summed E-state index contributed by atoms with van der Waals surface area (Å²) in [6, 6.07) is 10.5. The van der Waals surface area contributed by atoms with Crippen molar-refractivity contribution in [3.63, 3.8) is 0 Å². The average molecular weight is 513 g/mol. The summed E-state index contributed by atoms with van der Waals surface area (Å²) in [6.07, 6.45) is 4.84. The van der Waals surface area contributed by atoms with E-state index in [9.17, 15) is 4.79 Å². The van der Waals surface area contributed by atoms with Crippen LogP contribution in [0, 0.1) is 5.92 Å². The van der Waals surface area contributed by atoms with Crippen molar-refractivity contribution in [1.29, 1.82) is 0 Å². The summed E-state index contributed by atoms with van der Waals surface area (Å²) >= 11 is 0. The number of hydrogen-bond donors (Lipinski definition) is 1. The number of aliphatic imine (C=N–C) groups is 1. The Morgan fingerprint density at radius 1 is 1.17 bits per heavy atom. The first-order valence-electron chi connectivity index (χ1n) is 10.6. The summed E-state index contributed by atoms with van der Waals surface area (Å²) in [7, 11) is 3.56. The minimum atomic E-state index is 0. The molecule has 3 rings (SSSR count). The normalized spacial score (nSPS) is 19.9. The van der Waals surface area contributed by atoms with Gasteiger partial charge in [0.25, 0.3) is 0 Å². The van der Waals surface area contributed by atoms with Crippen LogP contribution in [0.5, 0.6) is 0 Å². The Balaban J connectivity index is 0.00000300. The van der Waals surface area contributed by atoms with Gasteiger partial charge in [-0.05, 0) is 50.3 Å². The van der Waals surface area contributed by atoms with Gasteiger partial charge in [0.05, 0.1) is 0 Å². The molecule has 0 bridgehead atoms. The van der Waals surface area contributed by atoms with E-state index in [0.29, 0.717) is 5.92 Å². The van der Waals surface area contributed by atoms with Crippen molar-refractivity contribution in [1.82, 2.24) is 20.0 Å². The van der Waals surface area contributed by atoms with Crippen LogP contribution in [0.3, 0.4) is 0 Å². The molecule has 6 nitrogen and oxygen atoms in total. The summed E-state index contributed by atoms with van der Waals surface area (Å²) in [6.45, 7) is 6.79. The summed E-state index contributed by atoms with van der Waals surface area (Å²) in [5.74, 6) is 1.62. The SMILES string of the molecule is CN(C)C(=O)CN=C(NCCc1ccccc1)N1CCC(CN2CCCC2)C1.I. The highest BCUT2D eigenvalue weighted by molar-refractivity contribution is 14.0. The molecule has 7 heteroatoms. The van der Waals surface area contributed by atoms with Crippen molar-refractivity contribution in [2.45, 2.75) is 25.7 Å². The molecular formula is C22H36IN5O. The molecule has 0 saturated carbocycles. The maximum Gasteiger partial charge on any atom is 0.243 e. The Kier molecular flexibility index (Phi) is 10.2. The second kappa shape index (κ2) is 12.4. The lowest BCUT2D eigenvalue weighted by atomic mass is 10.1. The second-order valence-electron chi connectivity index (χ2n) is 8.20. The highest BCUT2D eigenvalue weighted by Gasteiger charge is 2.27. The van der Waals surface area contributed by atoms with Crippen LogP contribution < -0.4 is 5.32 Å². The van der Waals surface area contributed by atoms with Crippen LogP contribution in [-0.4, -0.2) is 86.5 Å². The number of amides is 1. The predicted octanol–water partition coefficient (Wildman–Crippen LogP) is 2.30. The molecule has 2 fully saturated rings. The third-order valence-corrected chi connectivity index (χ3v) is 5.70. The van der Waals surface area contributed by atoms with E-state index in [1.165, 1.54) is 44.5 Å². The fourth-order valence-corrected chi connectivity index (χ4v) is 4.02. The molecule has 0 aromatic heterocycles. The molecule has 1 unspecified atom stereocenters. The van der Waals surface area contributed by atoms with E-state index in [4.69, 9.17) is 0 Å². The number of guanidine groups is 1. The van der Waals surface area contributed by atoms with Gasteiger partial charge < -0.3 is 20.0 Å². The van der Waals surface area contributed by atoms with Gasteiger partial charge in [-0.1, -0.05) is 30.3 Å². The van der Waals surface area contributed by atoms with Crippen LogP contribution >= 0.6 is 24.0 Å². The zero-order valence-corrected chi connectivity index (χ0v) is 20.2. The minimum absolute atomic E-state index is 0. The van der Waals surface area contributed by atoms with Gasteiger partial charge in [-0.3, -0.25) is 4.79 Å². The van der Waals surface area contributed by atoms with Gasteiger partial charge in [0, 0.05) is 40.3 Å². The molecule has 1 aromatic rings. The first-order valence-corrected chi connectivity index (χ1v) is 10.6. The quantitative estimate of drug-likeness (QED) is 0.346. The molecule has 2 saturated heterocycles. The van der Waals surface area contributed by atoms with Crippen LogP contribution in [-0.2, 0) is 11.2 Å². The van der Waals surface area contributed by atoms with E-state index in [1.54, 1.807) is 19.0 Å². The minimum Gasteiger partial charge on any atom is -0.356 e. The fraction of sp³-hybridized carbons (Fsp3) is 0.636. The number of rotatable bonds is 7. The molecule has 29 heavy (non-hydrogen) atoms. The highest BCUT2D eigenvalue weighted by Crippen LogP contribution is 2.20. The molecule has 1 amide bonds. The van der Waals surface area contributed by atoms with E-state index < -0.39 is 0 Å². The molecule has 0 aliphatic carbocycles. The molecule has 2 aliphatic rings. The lowest BCUT2D eigenvalue weighted by molar-refractivity contribution is -0.127. The largest absolute Gasteiger partial charge is 0.356 e. The zero-order chi connectivity index (χ0) is 19.8. The molecule has 162 valence electrons. The molecular weight excluding hydrogens is 477 g/mol. The number of carbonyl (C=O) groups excluding carboxylic acids is 1. The van der Waals surface area contributed by atoms with Crippen LogP contribution in [0.25, 0.3) is 0 Å². The van der Waals surface area contributed by atoms with E-state index >= 15 is 0 Å². The first kappa shape index (κ1) is 23.9. The van der Waals surface area contributed by atoms with Crippen molar-refractivity contribution in [2.75, 3.05) is 59.9 Å². The van der Waals surface area contributed by atoms with Crippen LogP contribution in [0.4, 0.5) is 0 Å². The molecule has 1 aromatic carbocycles. The Bertz CT molecular complexity index is 646. The number of benzene rings is 1. The summed E-state index contributed by atoms with van der Waals surface area (Å²) in [5, 5.41) is 3.51. The Morgan fingerprint density at radius 3 is 2.59 bits per heavy atom. The third kappa shape index (κ3) is 7.77. The Labute approximate surface area is 192 Å². The number of hydrogen-bond acceptors (Lipinski definition) is 3. The summed E-state index contributed by atoms with van der Waals surface area (Å²) in [5.41, 5.74) is 1.31. The fourth-order valence-electron chi connectivity index (χ4n) is 4.02. The standard InChI is InChI=1S/C22H35N5O.HI/c1-25(2)21(28)16-24-22(23-12-10-19-8-4-3-5-9-19)27-15-11-20(18-27)17-26-13-6-7-14-26;/h3-5,8-9,20H,6-7,10-18H2,1-2H3,(H,23,24);1H. The second-order valence-corrected chi connectivity index (χ2v) is 8.20. The maximum absolute atomic E-state index is 12.0. The highest BCUT2D eigenvalue weighted by atomic mass is 127. The lowest BCUT2D eigenvalue weighted by Gasteiger charge is -2.24. The van der Waals surface area contributed by atoms with Gasteiger partial charge in [0.2, 0.25) is 5.91 Å².